The highest BCUT2D eigenvalue weighted by atomic mass is 32.1. The molecule has 0 radical (unpaired) electrons. The molecule has 0 unspecified atom stereocenters. The van der Waals surface area contributed by atoms with Crippen LogP contribution in [0.15, 0.2) is 39.6 Å². The first-order chi connectivity index (χ1) is 11.6. The molecule has 1 N–H and O–H groups in total. The highest BCUT2D eigenvalue weighted by molar-refractivity contribution is 7.16. The summed E-state index contributed by atoms with van der Waals surface area (Å²) in [6.45, 7) is 0.340. The van der Waals surface area contributed by atoms with Crippen molar-refractivity contribution in [3.63, 3.8) is 0 Å². The third-order valence-electron chi connectivity index (χ3n) is 4.17. The maximum atomic E-state index is 12.7. The average molecular weight is 342 g/mol. The lowest BCUT2D eigenvalue weighted by molar-refractivity contribution is -0.119. The second-order valence-corrected chi connectivity index (χ2v) is 6.54. The number of H-pyrrole nitrogens is 1. The minimum absolute atomic E-state index is 0.134. The number of pyridine rings is 1. The van der Waals surface area contributed by atoms with Crippen molar-refractivity contribution in [2.75, 3.05) is 11.4 Å². The summed E-state index contributed by atoms with van der Waals surface area (Å²) in [4.78, 5) is 46.2. The van der Waals surface area contributed by atoms with Crippen molar-refractivity contribution in [1.29, 1.82) is 0 Å². The molecule has 122 valence electrons. The molecule has 24 heavy (non-hydrogen) atoms. The Morgan fingerprint density at radius 2 is 2.21 bits per heavy atom. The van der Waals surface area contributed by atoms with Gasteiger partial charge in [-0.3, -0.25) is 19.0 Å². The summed E-state index contributed by atoms with van der Waals surface area (Å²) in [5, 5.41) is 2.30. The molecule has 0 atom stereocenters. The van der Waals surface area contributed by atoms with Gasteiger partial charge >= 0.3 is 0 Å². The lowest BCUT2D eigenvalue weighted by Gasteiger charge is -2.28. The van der Waals surface area contributed by atoms with Crippen LogP contribution in [0.3, 0.4) is 0 Å². The minimum Gasteiger partial charge on any atom is -0.327 e. The predicted molar refractivity (Wildman–Crippen MR) is 91.6 cm³/mol. The molecule has 4 heterocycles. The molecule has 7 nitrogen and oxygen atoms in total. The van der Waals surface area contributed by atoms with Gasteiger partial charge in [-0.05, 0) is 35.9 Å². The van der Waals surface area contributed by atoms with Crippen LogP contribution in [-0.4, -0.2) is 27.0 Å². The molecular formula is C16H14N4O3S. The molecule has 3 aromatic heterocycles. The zero-order chi connectivity index (χ0) is 16.7. The van der Waals surface area contributed by atoms with Crippen molar-refractivity contribution >= 4 is 33.1 Å². The fraction of sp³-hybridized carbons (Fsp3) is 0.250. The van der Waals surface area contributed by atoms with Crippen molar-refractivity contribution in [3.8, 4) is 0 Å². The second kappa shape index (κ2) is 5.72. The maximum Gasteiger partial charge on any atom is 0.272 e. The van der Waals surface area contributed by atoms with Gasteiger partial charge in [-0.15, -0.1) is 11.3 Å². The number of carbonyl (C=O) groups excluding carboxylic acids is 1. The molecule has 1 amide bonds. The number of aromatic amines is 1. The highest BCUT2D eigenvalue weighted by Gasteiger charge is 2.25. The van der Waals surface area contributed by atoms with E-state index >= 15 is 0 Å². The summed E-state index contributed by atoms with van der Waals surface area (Å²) in [6, 6.07) is 3.53. The first-order valence-corrected chi connectivity index (χ1v) is 8.46. The van der Waals surface area contributed by atoms with Crippen molar-refractivity contribution < 1.29 is 4.79 Å². The molecule has 0 spiro atoms. The molecule has 0 bridgehead atoms. The van der Waals surface area contributed by atoms with Crippen LogP contribution >= 0.6 is 11.3 Å². The van der Waals surface area contributed by atoms with E-state index in [1.807, 2.05) is 6.07 Å². The number of fused-ring (bicyclic) bond motifs is 2. The van der Waals surface area contributed by atoms with Crippen LogP contribution in [0.2, 0.25) is 0 Å². The first kappa shape index (κ1) is 14.8. The van der Waals surface area contributed by atoms with E-state index in [0.717, 1.165) is 18.4 Å². The Kier molecular flexibility index (Phi) is 3.53. The smallest absolute Gasteiger partial charge is 0.272 e. The summed E-state index contributed by atoms with van der Waals surface area (Å²) < 4.78 is 1.29. The van der Waals surface area contributed by atoms with Crippen LogP contribution in [0.1, 0.15) is 12.0 Å². The molecule has 8 heteroatoms. The molecule has 0 saturated carbocycles. The molecule has 0 saturated heterocycles. The summed E-state index contributed by atoms with van der Waals surface area (Å²) in [7, 11) is 0. The van der Waals surface area contributed by atoms with Crippen molar-refractivity contribution in [1.82, 2.24) is 14.5 Å². The number of carbonyl (C=O) groups is 1. The van der Waals surface area contributed by atoms with Gasteiger partial charge in [0, 0.05) is 12.7 Å². The van der Waals surface area contributed by atoms with Crippen LogP contribution in [0.5, 0.6) is 0 Å². The second-order valence-electron chi connectivity index (χ2n) is 5.65. The predicted octanol–water partition coefficient (Wildman–Crippen LogP) is 1.13. The first-order valence-electron chi connectivity index (χ1n) is 7.59. The van der Waals surface area contributed by atoms with Crippen LogP contribution in [0, 0.1) is 0 Å². The number of aryl methyl sites for hydroxylation is 1. The Labute approximate surface area is 140 Å². The van der Waals surface area contributed by atoms with E-state index in [4.69, 9.17) is 0 Å². The zero-order valence-electron chi connectivity index (χ0n) is 12.7. The van der Waals surface area contributed by atoms with Crippen LogP contribution < -0.4 is 16.0 Å². The number of aromatic nitrogens is 3. The highest BCUT2D eigenvalue weighted by Crippen LogP contribution is 2.23. The fourth-order valence-electron chi connectivity index (χ4n) is 3.03. The number of hydrogen-bond donors (Lipinski definition) is 1. The lowest BCUT2D eigenvalue weighted by atomic mass is 10.0. The van der Waals surface area contributed by atoms with Gasteiger partial charge in [0.25, 0.3) is 11.1 Å². The molecule has 1 aliphatic rings. The summed E-state index contributed by atoms with van der Waals surface area (Å²) in [6.07, 6.45) is 4.54. The van der Waals surface area contributed by atoms with E-state index in [-0.39, 0.29) is 23.6 Å². The summed E-state index contributed by atoms with van der Waals surface area (Å²) >= 11 is 1.38. The van der Waals surface area contributed by atoms with Crippen LogP contribution in [0.25, 0.3) is 10.2 Å². The van der Waals surface area contributed by atoms with Crippen LogP contribution in [-0.2, 0) is 17.8 Å². The van der Waals surface area contributed by atoms with Gasteiger partial charge in [0.15, 0.2) is 0 Å². The van der Waals surface area contributed by atoms with Crippen molar-refractivity contribution in [2.24, 2.45) is 0 Å². The molecule has 3 aromatic rings. The van der Waals surface area contributed by atoms with Crippen molar-refractivity contribution in [3.05, 3.63) is 56.3 Å². The van der Waals surface area contributed by atoms with Gasteiger partial charge in [0.2, 0.25) is 5.91 Å². The number of nitrogens with zero attached hydrogens (tertiary/aromatic N) is 3. The molecule has 1 aliphatic heterocycles. The van der Waals surface area contributed by atoms with Gasteiger partial charge in [0.05, 0.1) is 11.7 Å². The van der Waals surface area contributed by atoms with Gasteiger partial charge in [-0.25, -0.2) is 4.98 Å². The Hall–Kier alpha value is -2.74. The van der Waals surface area contributed by atoms with Gasteiger partial charge in [0.1, 0.15) is 17.1 Å². The Morgan fingerprint density at radius 1 is 1.33 bits per heavy atom. The average Bonchev–Trinajstić information content (AvgIpc) is 3.06. The van der Waals surface area contributed by atoms with E-state index in [1.54, 1.807) is 17.6 Å². The zero-order valence-corrected chi connectivity index (χ0v) is 13.5. The largest absolute Gasteiger partial charge is 0.327 e. The van der Waals surface area contributed by atoms with Gasteiger partial charge in [-0.1, -0.05) is 0 Å². The molecule has 0 aliphatic carbocycles. The normalized spacial score (nSPS) is 13.9. The molecule has 0 aromatic carbocycles. The maximum absolute atomic E-state index is 12.7. The summed E-state index contributed by atoms with van der Waals surface area (Å²) in [5.41, 5.74) is 0.733. The lowest BCUT2D eigenvalue weighted by Crippen LogP contribution is -2.42. The monoisotopic (exact) mass is 342 g/mol. The van der Waals surface area contributed by atoms with Crippen LogP contribution in [0.4, 0.5) is 5.69 Å². The van der Waals surface area contributed by atoms with Crippen molar-refractivity contribution in [2.45, 2.75) is 19.4 Å². The Morgan fingerprint density at radius 3 is 3.08 bits per heavy atom. The quantitative estimate of drug-likeness (QED) is 0.756. The Bertz CT molecular complexity index is 1050. The van der Waals surface area contributed by atoms with E-state index < -0.39 is 0 Å². The third-order valence-corrected chi connectivity index (χ3v) is 4.99. The molecule has 4 rings (SSSR count). The topological polar surface area (TPSA) is 88.1 Å². The Balaban J connectivity index is 1.69. The molecular weight excluding hydrogens is 328 g/mol. The van der Waals surface area contributed by atoms with E-state index in [1.165, 1.54) is 27.1 Å². The summed E-state index contributed by atoms with van der Waals surface area (Å²) in [5.74, 6) is -0.286. The number of amides is 1. The fourth-order valence-corrected chi connectivity index (χ4v) is 3.76. The van der Waals surface area contributed by atoms with E-state index in [2.05, 4.69) is 9.97 Å². The number of hydrogen-bond acceptors (Lipinski definition) is 5. The van der Waals surface area contributed by atoms with E-state index in [9.17, 15) is 14.4 Å². The number of thiophene rings is 1. The number of nitrogens with one attached hydrogen (secondary N) is 1. The standard InChI is InChI=1S/C16H14N4O3S/c21-12(8-19-9-18-15-11(16(19)23)4-7-24-15)20-6-1-2-10-3-5-17-14(22)13(10)20/h3-5,7,9H,1-2,6,8H2,(H,17,22). The van der Waals surface area contributed by atoms with E-state index in [0.29, 0.717) is 22.4 Å². The van der Waals surface area contributed by atoms with Gasteiger partial charge in [-0.2, -0.15) is 0 Å². The van der Waals surface area contributed by atoms with Gasteiger partial charge < -0.3 is 9.88 Å². The third kappa shape index (κ3) is 2.35. The minimum atomic E-state index is -0.286. The number of rotatable bonds is 2. The molecule has 0 fully saturated rings. The SMILES string of the molecule is O=C(Cn1cnc2sccc2c1=O)N1CCCc2cc[nH]c(=O)c21. The number of anilines is 1.